The number of anilines is 1. The van der Waals surface area contributed by atoms with Crippen LogP contribution in [-0.2, 0) is 9.53 Å². The van der Waals surface area contributed by atoms with Crippen molar-refractivity contribution in [1.29, 1.82) is 0 Å². The van der Waals surface area contributed by atoms with E-state index in [1.807, 2.05) is 12.3 Å². The van der Waals surface area contributed by atoms with Gasteiger partial charge in [0.1, 0.15) is 5.60 Å². The van der Waals surface area contributed by atoms with Gasteiger partial charge in [-0.3, -0.25) is 9.78 Å². The molecule has 0 spiro atoms. The maximum atomic E-state index is 11.7. The van der Waals surface area contributed by atoms with Crippen LogP contribution in [0, 0.1) is 0 Å². The summed E-state index contributed by atoms with van der Waals surface area (Å²) >= 11 is 1.55. The molecule has 0 saturated carbocycles. The first kappa shape index (κ1) is 17.3. The summed E-state index contributed by atoms with van der Waals surface area (Å²) in [7, 11) is 0. The van der Waals surface area contributed by atoms with E-state index in [0.29, 0.717) is 5.69 Å². The highest BCUT2D eigenvalue weighted by molar-refractivity contribution is 7.98. The predicted octanol–water partition coefficient (Wildman–Crippen LogP) is 2.66. The molecule has 6 nitrogen and oxygen atoms in total. The van der Waals surface area contributed by atoms with Crippen LogP contribution in [0.3, 0.4) is 0 Å². The van der Waals surface area contributed by atoms with Gasteiger partial charge in [0.25, 0.3) is 0 Å². The molecule has 0 aliphatic rings. The van der Waals surface area contributed by atoms with Crippen molar-refractivity contribution in [2.24, 2.45) is 0 Å². The van der Waals surface area contributed by atoms with Crippen molar-refractivity contribution in [2.75, 3.05) is 18.1 Å². The third-order valence-corrected chi connectivity index (χ3v) is 2.95. The number of hydrogen-bond donors (Lipinski definition) is 2. The quantitative estimate of drug-likeness (QED) is 0.817. The maximum Gasteiger partial charge on any atom is 0.407 e. The summed E-state index contributed by atoms with van der Waals surface area (Å²) in [6.45, 7) is 5.57. The lowest BCUT2D eigenvalue weighted by Gasteiger charge is -2.19. The number of aromatic nitrogens is 1. The van der Waals surface area contributed by atoms with Crippen LogP contribution >= 0.6 is 11.8 Å². The summed E-state index contributed by atoms with van der Waals surface area (Å²) in [5, 5.41) is 5.27. The van der Waals surface area contributed by atoms with E-state index in [4.69, 9.17) is 4.74 Å². The zero-order valence-electron chi connectivity index (χ0n) is 12.7. The van der Waals surface area contributed by atoms with E-state index < -0.39 is 11.7 Å². The molecular formula is C14H21N3O3S. The van der Waals surface area contributed by atoms with Crippen molar-refractivity contribution in [2.45, 2.75) is 37.7 Å². The van der Waals surface area contributed by atoms with Gasteiger partial charge in [-0.25, -0.2) is 4.79 Å². The average molecular weight is 311 g/mol. The van der Waals surface area contributed by atoms with Crippen molar-refractivity contribution >= 4 is 29.4 Å². The van der Waals surface area contributed by atoms with Crippen LogP contribution in [-0.4, -0.2) is 35.4 Å². The largest absolute Gasteiger partial charge is 0.444 e. The normalized spacial score (nSPS) is 10.9. The summed E-state index contributed by atoms with van der Waals surface area (Å²) in [4.78, 5) is 28.1. The molecule has 0 fully saturated rings. The summed E-state index contributed by atoms with van der Waals surface area (Å²) in [6, 6.07) is 1.84. The second-order valence-electron chi connectivity index (χ2n) is 5.34. The van der Waals surface area contributed by atoms with E-state index in [-0.39, 0.29) is 18.9 Å². The molecule has 116 valence electrons. The van der Waals surface area contributed by atoms with Crippen LogP contribution < -0.4 is 10.6 Å². The number of rotatable bonds is 5. The van der Waals surface area contributed by atoms with E-state index in [1.165, 1.54) is 0 Å². The number of alkyl carbamates (subject to hydrolysis) is 1. The molecule has 1 aromatic heterocycles. The smallest absolute Gasteiger partial charge is 0.407 e. The molecule has 1 rings (SSSR count). The fraction of sp³-hybridized carbons (Fsp3) is 0.500. The molecule has 0 saturated heterocycles. The van der Waals surface area contributed by atoms with Crippen LogP contribution in [0.1, 0.15) is 27.2 Å². The van der Waals surface area contributed by atoms with Gasteiger partial charge >= 0.3 is 6.09 Å². The average Bonchev–Trinajstić information content (AvgIpc) is 2.36. The van der Waals surface area contributed by atoms with E-state index >= 15 is 0 Å². The highest BCUT2D eigenvalue weighted by Gasteiger charge is 2.15. The van der Waals surface area contributed by atoms with Gasteiger partial charge in [-0.15, -0.1) is 11.8 Å². The number of hydrogen-bond acceptors (Lipinski definition) is 5. The number of nitrogens with one attached hydrogen (secondary N) is 2. The molecule has 1 aromatic rings. The minimum Gasteiger partial charge on any atom is -0.444 e. The summed E-state index contributed by atoms with van der Waals surface area (Å²) < 4.78 is 5.07. The molecule has 7 heteroatoms. The van der Waals surface area contributed by atoms with Crippen molar-refractivity contribution in [3.05, 3.63) is 18.5 Å². The van der Waals surface area contributed by atoms with E-state index in [2.05, 4.69) is 15.6 Å². The highest BCUT2D eigenvalue weighted by atomic mass is 32.2. The third-order valence-electron chi connectivity index (χ3n) is 2.25. The first-order chi connectivity index (χ1) is 9.80. The van der Waals surface area contributed by atoms with Crippen LogP contribution in [0.5, 0.6) is 0 Å². The topological polar surface area (TPSA) is 80.3 Å². The zero-order chi connectivity index (χ0) is 15.9. The Morgan fingerprint density at radius 3 is 2.67 bits per heavy atom. The van der Waals surface area contributed by atoms with Gasteiger partial charge < -0.3 is 15.4 Å². The molecule has 2 N–H and O–H groups in total. The van der Waals surface area contributed by atoms with Gasteiger partial charge in [0, 0.05) is 24.1 Å². The second-order valence-corrected chi connectivity index (χ2v) is 6.22. The number of ether oxygens (including phenoxy) is 1. The van der Waals surface area contributed by atoms with Crippen molar-refractivity contribution in [1.82, 2.24) is 10.3 Å². The number of pyridine rings is 1. The third kappa shape index (κ3) is 7.55. The van der Waals surface area contributed by atoms with Gasteiger partial charge in [-0.05, 0) is 33.1 Å². The summed E-state index contributed by atoms with van der Waals surface area (Å²) in [6.07, 6.45) is 4.89. The fourth-order valence-corrected chi connectivity index (χ4v) is 1.83. The number of amides is 2. The Morgan fingerprint density at radius 2 is 2.05 bits per heavy atom. The fourth-order valence-electron chi connectivity index (χ4n) is 1.41. The van der Waals surface area contributed by atoms with E-state index in [1.54, 1.807) is 44.9 Å². The van der Waals surface area contributed by atoms with E-state index in [9.17, 15) is 9.59 Å². The summed E-state index contributed by atoms with van der Waals surface area (Å²) in [5.74, 6) is -0.189. The van der Waals surface area contributed by atoms with Crippen molar-refractivity contribution < 1.29 is 14.3 Å². The lowest BCUT2D eigenvalue weighted by atomic mass is 10.2. The van der Waals surface area contributed by atoms with Gasteiger partial charge in [0.05, 0.1) is 11.9 Å². The Bertz CT molecular complexity index is 500. The molecule has 1 heterocycles. The first-order valence-electron chi connectivity index (χ1n) is 6.56. The molecule has 0 aromatic carbocycles. The molecular weight excluding hydrogens is 290 g/mol. The zero-order valence-corrected chi connectivity index (χ0v) is 13.5. The Kier molecular flexibility index (Phi) is 6.48. The van der Waals surface area contributed by atoms with Gasteiger partial charge in [-0.1, -0.05) is 0 Å². The predicted molar refractivity (Wildman–Crippen MR) is 83.5 cm³/mol. The van der Waals surface area contributed by atoms with E-state index in [0.717, 1.165) is 4.90 Å². The molecule has 0 aliphatic carbocycles. The Labute approximate surface area is 129 Å². The molecule has 0 bridgehead atoms. The monoisotopic (exact) mass is 311 g/mol. The highest BCUT2D eigenvalue weighted by Crippen LogP contribution is 2.17. The molecule has 2 amide bonds. The van der Waals surface area contributed by atoms with Gasteiger partial charge in [-0.2, -0.15) is 0 Å². The lowest BCUT2D eigenvalue weighted by Crippen LogP contribution is -2.34. The van der Waals surface area contributed by atoms with Gasteiger partial charge in [0.15, 0.2) is 0 Å². The molecule has 0 unspecified atom stereocenters. The van der Waals surface area contributed by atoms with Crippen molar-refractivity contribution in [3.8, 4) is 0 Å². The SMILES string of the molecule is CSc1cncc(NC(=O)CCNC(=O)OC(C)(C)C)c1. The standard InChI is InChI=1S/C14H21N3O3S/c1-14(2,3)20-13(19)16-6-5-12(18)17-10-7-11(21-4)9-15-8-10/h7-9H,5-6H2,1-4H3,(H,16,19)(H,17,18). The second kappa shape index (κ2) is 7.87. The molecule has 21 heavy (non-hydrogen) atoms. The Hall–Kier alpha value is -1.76. The lowest BCUT2D eigenvalue weighted by molar-refractivity contribution is -0.116. The Morgan fingerprint density at radius 1 is 1.33 bits per heavy atom. The summed E-state index contributed by atoms with van der Waals surface area (Å²) in [5.41, 5.74) is 0.0973. The molecule has 0 radical (unpaired) electrons. The van der Waals surface area contributed by atoms with Crippen molar-refractivity contribution in [3.63, 3.8) is 0 Å². The molecule has 0 atom stereocenters. The Balaban J connectivity index is 2.32. The number of carbonyl (C=O) groups excluding carboxylic acids is 2. The van der Waals surface area contributed by atoms with Crippen LogP contribution in [0.2, 0.25) is 0 Å². The molecule has 0 aliphatic heterocycles. The minimum absolute atomic E-state index is 0.169. The first-order valence-corrected chi connectivity index (χ1v) is 7.78. The number of thioether (sulfide) groups is 1. The van der Waals surface area contributed by atoms with Crippen LogP contribution in [0.15, 0.2) is 23.4 Å². The number of nitrogens with zero attached hydrogens (tertiary/aromatic N) is 1. The van der Waals surface area contributed by atoms with Crippen LogP contribution in [0.25, 0.3) is 0 Å². The number of carbonyl (C=O) groups is 2. The minimum atomic E-state index is -0.545. The maximum absolute atomic E-state index is 11.7. The van der Waals surface area contributed by atoms with Gasteiger partial charge in [0.2, 0.25) is 5.91 Å². The van der Waals surface area contributed by atoms with Crippen LogP contribution in [0.4, 0.5) is 10.5 Å².